The van der Waals surface area contributed by atoms with Crippen LogP contribution in [0.3, 0.4) is 0 Å². The minimum Gasteiger partial charge on any atom is -0.497 e. The van der Waals surface area contributed by atoms with E-state index in [1.165, 1.54) is 0 Å². The molecule has 0 amide bonds. The lowest BCUT2D eigenvalue weighted by atomic mass is 10.1. The van der Waals surface area contributed by atoms with E-state index in [1.54, 1.807) is 25.4 Å². The summed E-state index contributed by atoms with van der Waals surface area (Å²) in [4.78, 5) is 16.1. The number of nitrogens with zero attached hydrogens (tertiary/aromatic N) is 2. The Kier molecular flexibility index (Phi) is 2.72. The van der Waals surface area contributed by atoms with Gasteiger partial charge in [-0.3, -0.25) is 9.78 Å². The molecule has 0 radical (unpaired) electrons. The number of hydrogen-bond acceptors (Lipinski definition) is 4. The maximum Gasteiger partial charge on any atom is 0.272 e. The second-order valence-corrected chi connectivity index (χ2v) is 4.03. The van der Waals surface area contributed by atoms with Crippen LogP contribution in [-0.2, 0) is 0 Å². The summed E-state index contributed by atoms with van der Waals surface area (Å²) in [6, 6.07) is 10.9. The number of ether oxygens (including phenoxy) is 1. The summed E-state index contributed by atoms with van der Waals surface area (Å²) in [5.74, 6) is 0.635. The van der Waals surface area contributed by atoms with Gasteiger partial charge in [-0.1, -0.05) is 6.07 Å². The Hall–Kier alpha value is -2.69. The van der Waals surface area contributed by atoms with Crippen LogP contribution in [0.2, 0.25) is 0 Å². The first-order valence-corrected chi connectivity index (χ1v) is 5.77. The first-order chi connectivity index (χ1) is 9.29. The lowest BCUT2D eigenvalue weighted by Gasteiger charge is -2.05. The Bertz CT molecular complexity index is 782. The molecular formula is C14H11N3O2. The minimum absolute atomic E-state index is 0.242. The van der Waals surface area contributed by atoms with Gasteiger partial charge in [-0.2, -0.15) is 5.10 Å². The summed E-state index contributed by atoms with van der Waals surface area (Å²) in [5, 5.41) is 7.87. The summed E-state index contributed by atoms with van der Waals surface area (Å²) in [5.41, 5.74) is 1.13. The fourth-order valence-corrected chi connectivity index (χ4v) is 1.97. The Morgan fingerprint density at radius 3 is 2.79 bits per heavy atom. The molecule has 0 unspecified atom stereocenters. The quantitative estimate of drug-likeness (QED) is 0.758. The standard InChI is InChI=1S/C14H11N3O2/c1-19-9-5-6-10-11(8-9)14(18)17-16-13(10)12-4-2-3-7-15-12/h2-8H,1H3,(H,17,18). The predicted molar refractivity (Wildman–Crippen MR) is 72.1 cm³/mol. The van der Waals surface area contributed by atoms with Gasteiger partial charge in [0, 0.05) is 11.6 Å². The lowest BCUT2D eigenvalue weighted by molar-refractivity contribution is 0.415. The maximum atomic E-state index is 11.8. The zero-order valence-electron chi connectivity index (χ0n) is 10.3. The summed E-state index contributed by atoms with van der Waals surface area (Å²) in [6.45, 7) is 0. The van der Waals surface area contributed by atoms with Gasteiger partial charge >= 0.3 is 0 Å². The SMILES string of the molecule is COc1ccc2c(-c3ccccn3)n[nH]c(=O)c2c1. The lowest BCUT2D eigenvalue weighted by Crippen LogP contribution is -2.09. The molecule has 0 aliphatic rings. The molecule has 0 aliphatic heterocycles. The van der Waals surface area contributed by atoms with Crippen LogP contribution in [0.4, 0.5) is 0 Å². The smallest absolute Gasteiger partial charge is 0.272 e. The molecular weight excluding hydrogens is 242 g/mol. The van der Waals surface area contributed by atoms with Crippen LogP contribution in [0.25, 0.3) is 22.2 Å². The fraction of sp³-hybridized carbons (Fsp3) is 0.0714. The average molecular weight is 253 g/mol. The molecule has 1 N–H and O–H groups in total. The van der Waals surface area contributed by atoms with E-state index in [-0.39, 0.29) is 5.56 Å². The highest BCUT2D eigenvalue weighted by Crippen LogP contribution is 2.25. The molecule has 5 nitrogen and oxygen atoms in total. The van der Waals surface area contributed by atoms with Crippen LogP contribution < -0.4 is 10.3 Å². The number of pyridine rings is 1. The molecule has 2 aromatic heterocycles. The number of H-pyrrole nitrogens is 1. The molecule has 0 aliphatic carbocycles. The molecule has 5 heteroatoms. The first kappa shape index (κ1) is 11.4. The molecule has 0 saturated carbocycles. The molecule has 0 fully saturated rings. The van der Waals surface area contributed by atoms with E-state index < -0.39 is 0 Å². The van der Waals surface area contributed by atoms with Crippen LogP contribution in [0.1, 0.15) is 0 Å². The van der Waals surface area contributed by atoms with Gasteiger partial charge in [0.1, 0.15) is 11.4 Å². The van der Waals surface area contributed by atoms with Crippen molar-refractivity contribution < 1.29 is 4.74 Å². The van der Waals surface area contributed by atoms with Crippen molar-refractivity contribution in [3.05, 3.63) is 52.9 Å². The van der Waals surface area contributed by atoms with E-state index in [2.05, 4.69) is 15.2 Å². The van der Waals surface area contributed by atoms with E-state index in [1.807, 2.05) is 24.3 Å². The molecule has 0 atom stereocenters. The number of benzene rings is 1. The zero-order chi connectivity index (χ0) is 13.2. The molecule has 2 heterocycles. The zero-order valence-corrected chi connectivity index (χ0v) is 10.3. The van der Waals surface area contributed by atoms with Crippen molar-refractivity contribution in [3.63, 3.8) is 0 Å². The first-order valence-electron chi connectivity index (χ1n) is 5.77. The molecule has 3 aromatic rings. The van der Waals surface area contributed by atoms with Gasteiger partial charge in [0.25, 0.3) is 5.56 Å². The summed E-state index contributed by atoms with van der Waals surface area (Å²) < 4.78 is 5.13. The number of aromatic nitrogens is 3. The van der Waals surface area contributed by atoms with E-state index in [4.69, 9.17) is 4.74 Å². The Balaban J connectivity index is 2.33. The van der Waals surface area contributed by atoms with Crippen molar-refractivity contribution in [2.75, 3.05) is 7.11 Å². The number of rotatable bonds is 2. The highest BCUT2D eigenvalue weighted by molar-refractivity contribution is 5.93. The summed E-state index contributed by atoms with van der Waals surface area (Å²) >= 11 is 0. The van der Waals surface area contributed by atoms with Gasteiger partial charge in [-0.25, -0.2) is 5.10 Å². The number of aromatic amines is 1. The third-order valence-electron chi connectivity index (χ3n) is 2.90. The predicted octanol–water partition coefficient (Wildman–Crippen LogP) is 1.99. The molecule has 94 valence electrons. The average Bonchev–Trinajstić information content (AvgIpc) is 2.48. The van der Waals surface area contributed by atoms with Crippen molar-refractivity contribution in [1.29, 1.82) is 0 Å². The molecule has 19 heavy (non-hydrogen) atoms. The van der Waals surface area contributed by atoms with Gasteiger partial charge in [0.2, 0.25) is 0 Å². The highest BCUT2D eigenvalue weighted by Gasteiger charge is 2.10. The van der Waals surface area contributed by atoms with Crippen molar-refractivity contribution in [3.8, 4) is 17.1 Å². The van der Waals surface area contributed by atoms with Crippen molar-refractivity contribution in [2.45, 2.75) is 0 Å². The van der Waals surface area contributed by atoms with E-state index in [0.717, 1.165) is 5.39 Å². The highest BCUT2D eigenvalue weighted by atomic mass is 16.5. The van der Waals surface area contributed by atoms with Crippen LogP contribution in [0.5, 0.6) is 5.75 Å². The largest absolute Gasteiger partial charge is 0.497 e. The monoisotopic (exact) mass is 253 g/mol. The summed E-state index contributed by atoms with van der Waals surface area (Å²) in [7, 11) is 1.57. The summed E-state index contributed by atoms with van der Waals surface area (Å²) in [6.07, 6.45) is 1.69. The van der Waals surface area contributed by atoms with E-state index >= 15 is 0 Å². The van der Waals surface area contributed by atoms with Gasteiger partial charge in [0.15, 0.2) is 0 Å². The normalized spacial score (nSPS) is 10.6. The number of fused-ring (bicyclic) bond motifs is 1. The molecule has 0 saturated heterocycles. The number of methoxy groups -OCH3 is 1. The van der Waals surface area contributed by atoms with E-state index in [9.17, 15) is 4.79 Å². The van der Waals surface area contributed by atoms with Crippen molar-refractivity contribution in [2.24, 2.45) is 0 Å². The van der Waals surface area contributed by atoms with Crippen LogP contribution in [0, 0.1) is 0 Å². The van der Waals surface area contributed by atoms with Gasteiger partial charge in [0.05, 0.1) is 18.2 Å². The minimum atomic E-state index is -0.242. The molecule has 0 spiro atoms. The van der Waals surface area contributed by atoms with Crippen LogP contribution in [-0.4, -0.2) is 22.3 Å². The third-order valence-corrected chi connectivity index (χ3v) is 2.90. The molecule has 1 aromatic carbocycles. The van der Waals surface area contributed by atoms with E-state index in [0.29, 0.717) is 22.5 Å². The molecule has 3 rings (SSSR count). The third kappa shape index (κ3) is 1.95. The van der Waals surface area contributed by atoms with Crippen molar-refractivity contribution >= 4 is 10.8 Å². The number of hydrogen-bond donors (Lipinski definition) is 1. The fourth-order valence-electron chi connectivity index (χ4n) is 1.97. The van der Waals surface area contributed by atoms with Crippen LogP contribution >= 0.6 is 0 Å². The topological polar surface area (TPSA) is 67.9 Å². The maximum absolute atomic E-state index is 11.8. The Morgan fingerprint density at radius 2 is 2.05 bits per heavy atom. The second kappa shape index (κ2) is 4.53. The van der Waals surface area contributed by atoms with Gasteiger partial charge in [-0.05, 0) is 30.3 Å². The number of nitrogens with one attached hydrogen (secondary N) is 1. The molecule has 0 bridgehead atoms. The van der Waals surface area contributed by atoms with Gasteiger partial charge in [-0.15, -0.1) is 0 Å². The van der Waals surface area contributed by atoms with Gasteiger partial charge < -0.3 is 4.74 Å². The Morgan fingerprint density at radius 1 is 1.16 bits per heavy atom. The Labute approximate surface area is 108 Å². The van der Waals surface area contributed by atoms with Crippen molar-refractivity contribution in [1.82, 2.24) is 15.2 Å². The second-order valence-electron chi connectivity index (χ2n) is 4.03. The van der Waals surface area contributed by atoms with Crippen LogP contribution in [0.15, 0.2) is 47.4 Å².